The highest BCUT2D eigenvalue weighted by atomic mass is 16.8. The molecule has 0 spiro atoms. The zero-order chi connectivity index (χ0) is 51.9. The summed E-state index contributed by atoms with van der Waals surface area (Å²) in [6, 6.07) is -9.29. The van der Waals surface area contributed by atoms with E-state index >= 15 is 0 Å². The van der Waals surface area contributed by atoms with Gasteiger partial charge in [-0.2, -0.15) is 0 Å². The fourth-order valence-corrected chi connectivity index (χ4v) is 7.38. The number of primary amides is 1. The molecule has 0 aromatic rings. The number of hydrogen-bond donors (Lipinski definition) is 14. The van der Waals surface area contributed by atoms with Crippen LogP contribution >= 0.6 is 0 Å². The van der Waals surface area contributed by atoms with E-state index in [4.69, 9.17) is 40.3 Å². The Labute approximate surface area is 395 Å². The summed E-state index contributed by atoms with van der Waals surface area (Å²) in [6.07, 6.45) is -13.3. The topological polar surface area (TPSA) is 454 Å². The normalized spacial score (nSPS) is 27.7. The average molecular weight is 992 g/mol. The van der Waals surface area contributed by atoms with Crippen LogP contribution in [0.4, 0.5) is 0 Å². The van der Waals surface area contributed by atoms with E-state index in [-0.39, 0.29) is 32.4 Å². The highest BCUT2D eigenvalue weighted by Gasteiger charge is 2.56. The van der Waals surface area contributed by atoms with Crippen molar-refractivity contribution in [2.75, 3.05) is 19.8 Å². The van der Waals surface area contributed by atoms with Crippen molar-refractivity contribution in [3.63, 3.8) is 0 Å². The summed E-state index contributed by atoms with van der Waals surface area (Å²) < 4.78 is 29.7. The number of aliphatic hydroxyl groups excluding tert-OH is 3. The number of unbranched alkanes of at least 4 members (excludes halogenated alkanes) is 1. The third-order valence-corrected chi connectivity index (χ3v) is 11.1. The van der Waals surface area contributed by atoms with Crippen molar-refractivity contribution >= 4 is 59.2 Å². The molecule has 16 unspecified atom stereocenters. The summed E-state index contributed by atoms with van der Waals surface area (Å²) in [6.45, 7) is 5.27. The first-order chi connectivity index (χ1) is 32.3. The molecule has 3 fully saturated rings. The van der Waals surface area contributed by atoms with Crippen LogP contribution in [0, 0.1) is 0 Å². The van der Waals surface area contributed by atoms with E-state index in [1.54, 1.807) is 0 Å². The number of aliphatic hydroxyl groups is 3. The summed E-state index contributed by atoms with van der Waals surface area (Å²) in [5.41, 5.74) is 11.1. The van der Waals surface area contributed by atoms with Gasteiger partial charge in [0.15, 0.2) is 12.6 Å². The molecule has 3 rings (SSSR count). The first kappa shape index (κ1) is 57.7. The average Bonchev–Trinajstić information content (AvgIpc) is 3.71. The Bertz CT molecular complexity index is 1860. The number of hydrogen-bond acceptors (Lipinski definition) is 19. The Balaban J connectivity index is 1.65. The van der Waals surface area contributed by atoms with E-state index in [9.17, 15) is 68.4 Å². The fraction of sp³-hybridized carbons (Fsp3) is 0.750. The van der Waals surface area contributed by atoms with Gasteiger partial charge in [0.2, 0.25) is 47.3 Å². The molecule has 3 saturated heterocycles. The Morgan fingerprint density at radius 3 is 1.97 bits per heavy atom. The molecule has 29 nitrogen and oxygen atoms in total. The number of fused-ring (bicyclic) bond motifs is 2. The van der Waals surface area contributed by atoms with Gasteiger partial charge in [0.1, 0.15) is 79.0 Å². The van der Waals surface area contributed by atoms with E-state index in [0.29, 0.717) is 0 Å². The van der Waals surface area contributed by atoms with Crippen molar-refractivity contribution in [2.45, 2.75) is 171 Å². The predicted molar refractivity (Wildman–Crippen MR) is 229 cm³/mol. The number of nitrogens with two attached hydrogens (primary N) is 2. The van der Waals surface area contributed by atoms with Crippen LogP contribution in [0.25, 0.3) is 0 Å². The first-order valence-corrected chi connectivity index (χ1v) is 22.1. The number of nitrogens with one attached hydrogen (secondary N) is 7. The largest absolute Gasteiger partial charge is 0.481 e. The van der Waals surface area contributed by atoms with E-state index in [1.165, 1.54) is 27.7 Å². The number of carboxylic acids is 2. The Hall–Kier alpha value is -5.66. The molecular weight excluding hydrogens is 926 g/mol. The summed E-state index contributed by atoms with van der Waals surface area (Å²) >= 11 is 0. The summed E-state index contributed by atoms with van der Waals surface area (Å²) in [7, 11) is 0. The van der Waals surface area contributed by atoms with Crippen LogP contribution in [-0.4, -0.2) is 202 Å². The van der Waals surface area contributed by atoms with Gasteiger partial charge in [0, 0.05) is 26.8 Å². The minimum atomic E-state index is -1.69. The summed E-state index contributed by atoms with van der Waals surface area (Å²) in [4.78, 5) is 124. The molecule has 3 aliphatic rings. The lowest BCUT2D eigenvalue weighted by Crippen LogP contribution is -2.68. The van der Waals surface area contributed by atoms with Gasteiger partial charge in [-0.25, -0.2) is 0 Å². The molecule has 29 heteroatoms. The smallest absolute Gasteiger partial charge is 0.325 e. The van der Waals surface area contributed by atoms with E-state index < -0.39 is 183 Å². The third-order valence-electron chi connectivity index (χ3n) is 11.1. The molecule has 3 heterocycles. The van der Waals surface area contributed by atoms with Crippen molar-refractivity contribution in [3.8, 4) is 0 Å². The lowest BCUT2D eigenvalue weighted by Gasteiger charge is -2.47. The number of rotatable bonds is 27. The van der Waals surface area contributed by atoms with Crippen molar-refractivity contribution in [1.82, 2.24) is 37.2 Å². The molecule has 0 radical (unpaired) electrons. The van der Waals surface area contributed by atoms with Gasteiger partial charge < -0.3 is 97.9 Å². The second-order valence-electron chi connectivity index (χ2n) is 16.8. The molecule has 16 N–H and O–H groups in total. The molecule has 390 valence electrons. The van der Waals surface area contributed by atoms with Crippen molar-refractivity contribution in [2.24, 2.45) is 11.5 Å². The molecule has 8 amide bonds. The standard InChI is InChI=1S/C40H65N9O20/c1-15(34(59)49-21(33(42)58)9-10-25(53)48-22(37(62)45-16(2)38(63)64)8-6-7-11-43-36(61)20(41)12-26(54)55)44-35(60)17(3)66-32-28(47-19(5)52)39-65-14-24(68-39)31(32)69-40-27(46-18(4)51)30(57)29(56)23(13-50)67-40/h15-17,20-24,27-32,39-40,50,56-57H,6-14,41H2,1-5H3,(H2,42,58)(H,43,61)(H,44,60)(H,45,62)(H,46,51)(H,47,52)(H,48,53)(H,49,59)(H,54,55)(H,63,64). The van der Waals surface area contributed by atoms with Gasteiger partial charge in [-0.3, -0.25) is 47.9 Å². The fourth-order valence-electron chi connectivity index (χ4n) is 7.38. The Kier molecular flexibility index (Phi) is 22.5. The maximum absolute atomic E-state index is 13.5. The van der Waals surface area contributed by atoms with Crippen molar-refractivity contribution < 1.29 is 97.2 Å². The summed E-state index contributed by atoms with van der Waals surface area (Å²) in [5.74, 6) is -9.07. The van der Waals surface area contributed by atoms with Crippen molar-refractivity contribution in [1.29, 1.82) is 0 Å². The predicted octanol–water partition coefficient (Wildman–Crippen LogP) is -7.23. The lowest BCUT2D eigenvalue weighted by atomic mass is 9.95. The second-order valence-corrected chi connectivity index (χ2v) is 16.8. The van der Waals surface area contributed by atoms with Gasteiger partial charge in [-0.15, -0.1) is 0 Å². The molecule has 69 heavy (non-hydrogen) atoms. The SMILES string of the molecule is CC(=O)NC1C(OC2C3COC(O3)C(NC(C)=O)C2OC(C)C(=O)NC(C)C(=O)NC(CCC(=O)NC(CCCCNC(=O)C(N)CC(=O)O)C(=O)NC(C)C(=O)O)C(N)=O)OC(CO)C(O)C1O. The molecule has 0 aromatic heterocycles. The highest BCUT2D eigenvalue weighted by molar-refractivity contribution is 5.93. The minimum absolute atomic E-state index is 0.0384. The zero-order valence-corrected chi connectivity index (χ0v) is 38.6. The third kappa shape index (κ3) is 17.4. The number of carboxylic acid groups (broad SMARTS) is 2. The first-order valence-electron chi connectivity index (χ1n) is 22.1. The maximum Gasteiger partial charge on any atom is 0.325 e. The molecule has 3 aliphatic heterocycles. The van der Waals surface area contributed by atoms with Crippen LogP contribution in [0.1, 0.15) is 73.1 Å². The molecule has 2 bridgehead atoms. The van der Waals surface area contributed by atoms with Gasteiger partial charge in [-0.05, 0) is 46.5 Å². The number of carbonyl (C=O) groups is 10. The molecular formula is C40H65N9O20. The quantitative estimate of drug-likeness (QED) is 0.0340. The molecule has 0 aromatic carbocycles. The van der Waals surface area contributed by atoms with Crippen LogP contribution in [0.2, 0.25) is 0 Å². The van der Waals surface area contributed by atoms with Crippen LogP contribution in [0.3, 0.4) is 0 Å². The number of carbonyl (C=O) groups excluding carboxylic acids is 8. The molecule has 0 aliphatic carbocycles. The highest BCUT2D eigenvalue weighted by Crippen LogP contribution is 2.35. The Morgan fingerprint density at radius 2 is 1.38 bits per heavy atom. The van der Waals surface area contributed by atoms with Gasteiger partial charge >= 0.3 is 11.9 Å². The van der Waals surface area contributed by atoms with Crippen LogP contribution < -0.4 is 48.7 Å². The number of amides is 8. The summed E-state index contributed by atoms with van der Waals surface area (Å²) in [5, 5.41) is 66.3. The monoisotopic (exact) mass is 991 g/mol. The van der Waals surface area contributed by atoms with Gasteiger partial charge in [-0.1, -0.05) is 0 Å². The number of aliphatic carboxylic acids is 2. The maximum atomic E-state index is 13.5. The molecule has 0 saturated carbocycles. The van der Waals surface area contributed by atoms with E-state index in [1.807, 2.05) is 0 Å². The van der Waals surface area contributed by atoms with Gasteiger partial charge in [0.05, 0.1) is 25.7 Å². The van der Waals surface area contributed by atoms with Crippen LogP contribution in [0.15, 0.2) is 0 Å². The lowest BCUT2D eigenvalue weighted by molar-refractivity contribution is -0.313. The van der Waals surface area contributed by atoms with Crippen LogP contribution in [0.5, 0.6) is 0 Å². The zero-order valence-electron chi connectivity index (χ0n) is 38.6. The molecule has 16 atom stereocenters. The number of ether oxygens (including phenoxy) is 5. The minimum Gasteiger partial charge on any atom is -0.481 e. The van der Waals surface area contributed by atoms with E-state index in [2.05, 4.69) is 37.2 Å². The second kappa shape index (κ2) is 26.9. The van der Waals surface area contributed by atoms with Crippen LogP contribution in [-0.2, 0) is 71.6 Å². The van der Waals surface area contributed by atoms with Crippen molar-refractivity contribution in [3.05, 3.63) is 0 Å². The Morgan fingerprint density at radius 1 is 0.739 bits per heavy atom. The van der Waals surface area contributed by atoms with Gasteiger partial charge in [0.25, 0.3) is 0 Å². The van der Waals surface area contributed by atoms with E-state index in [0.717, 1.165) is 6.92 Å².